The van der Waals surface area contributed by atoms with E-state index >= 15 is 0 Å². The number of fused-ring (bicyclic) bond motifs is 1. The van der Waals surface area contributed by atoms with Gasteiger partial charge in [0.25, 0.3) is 5.56 Å². The molecule has 0 aliphatic carbocycles. The van der Waals surface area contributed by atoms with Gasteiger partial charge in [-0.05, 0) is 24.6 Å². The van der Waals surface area contributed by atoms with Crippen LogP contribution in [-0.2, 0) is 11.3 Å². The lowest BCUT2D eigenvalue weighted by molar-refractivity contribution is -0.121. The fraction of sp³-hybridized carbons (Fsp3) is 0.316. The number of likely N-dealkylation sites (N-methyl/N-ethyl adjacent to an activating group) is 1. The van der Waals surface area contributed by atoms with Crippen molar-refractivity contribution in [2.24, 2.45) is 0 Å². The van der Waals surface area contributed by atoms with E-state index < -0.39 is 0 Å². The number of benzene rings is 1. The Balaban J connectivity index is 1.99. The Morgan fingerprint density at radius 3 is 2.85 bits per heavy atom. The second kappa shape index (κ2) is 7.86. The van der Waals surface area contributed by atoms with Gasteiger partial charge in [0.1, 0.15) is 17.8 Å². The number of carbonyl (C=O) groups is 1. The van der Waals surface area contributed by atoms with Gasteiger partial charge in [-0.3, -0.25) is 9.59 Å². The Morgan fingerprint density at radius 2 is 2.08 bits per heavy atom. The normalized spacial score (nSPS) is 10.8. The van der Waals surface area contributed by atoms with Crippen LogP contribution in [-0.4, -0.2) is 33.7 Å². The molecule has 0 saturated carbocycles. The molecule has 0 saturated heterocycles. The summed E-state index contributed by atoms with van der Waals surface area (Å²) in [5.41, 5.74) is 1.64. The standard InChI is InChI=1S/C19H22N4O3/c1-3-4-11-26-17-8-6-5-7-14(17)15-12-16-19(25)22(13-18(24)20-2)9-10-23(16)21-15/h5-10,12H,3-4,11,13H2,1-2H3,(H,20,24). The molecular formula is C19H22N4O3. The Labute approximate surface area is 151 Å². The zero-order chi connectivity index (χ0) is 18.5. The molecule has 7 heteroatoms. The Bertz CT molecular complexity index is 974. The number of unbranched alkanes of at least 4 members (excludes halogenated alkanes) is 1. The van der Waals surface area contributed by atoms with E-state index in [0.717, 1.165) is 24.2 Å². The topological polar surface area (TPSA) is 77.6 Å². The molecule has 1 N–H and O–H groups in total. The van der Waals surface area contributed by atoms with E-state index in [1.807, 2.05) is 24.3 Å². The van der Waals surface area contributed by atoms with Gasteiger partial charge in [0.2, 0.25) is 5.91 Å². The second-order valence-corrected chi connectivity index (χ2v) is 5.96. The van der Waals surface area contributed by atoms with Crippen molar-refractivity contribution < 1.29 is 9.53 Å². The summed E-state index contributed by atoms with van der Waals surface area (Å²) in [6, 6.07) is 9.38. The van der Waals surface area contributed by atoms with Crippen LogP contribution in [0.1, 0.15) is 19.8 Å². The first-order valence-corrected chi connectivity index (χ1v) is 8.65. The van der Waals surface area contributed by atoms with Gasteiger partial charge in [-0.2, -0.15) is 5.10 Å². The van der Waals surface area contributed by atoms with Gasteiger partial charge in [-0.15, -0.1) is 0 Å². The molecule has 0 unspecified atom stereocenters. The predicted molar refractivity (Wildman–Crippen MR) is 99.4 cm³/mol. The monoisotopic (exact) mass is 354 g/mol. The molecule has 0 aliphatic heterocycles. The quantitative estimate of drug-likeness (QED) is 0.659. The minimum atomic E-state index is -0.265. The number of para-hydroxylation sites is 1. The molecule has 1 amide bonds. The summed E-state index contributed by atoms with van der Waals surface area (Å²) < 4.78 is 8.76. The summed E-state index contributed by atoms with van der Waals surface area (Å²) in [6.45, 7) is 2.73. The van der Waals surface area contributed by atoms with E-state index in [9.17, 15) is 9.59 Å². The molecule has 0 bridgehead atoms. The third-order valence-corrected chi connectivity index (χ3v) is 4.11. The summed E-state index contributed by atoms with van der Waals surface area (Å²) in [7, 11) is 1.54. The van der Waals surface area contributed by atoms with Gasteiger partial charge < -0.3 is 14.6 Å². The molecule has 1 aromatic carbocycles. The van der Waals surface area contributed by atoms with E-state index in [1.165, 1.54) is 16.1 Å². The van der Waals surface area contributed by atoms with Crippen LogP contribution in [0.2, 0.25) is 0 Å². The first kappa shape index (κ1) is 17.7. The highest BCUT2D eigenvalue weighted by molar-refractivity contribution is 5.75. The summed E-state index contributed by atoms with van der Waals surface area (Å²) in [5, 5.41) is 7.01. The van der Waals surface area contributed by atoms with E-state index in [-0.39, 0.29) is 18.0 Å². The molecule has 0 atom stereocenters. The highest BCUT2D eigenvalue weighted by Gasteiger charge is 2.13. The Kier molecular flexibility index (Phi) is 5.36. The molecule has 0 radical (unpaired) electrons. The van der Waals surface area contributed by atoms with Gasteiger partial charge in [0.15, 0.2) is 0 Å². The van der Waals surface area contributed by atoms with Crippen LogP contribution >= 0.6 is 0 Å². The van der Waals surface area contributed by atoms with E-state index in [4.69, 9.17) is 4.74 Å². The minimum Gasteiger partial charge on any atom is -0.493 e. The lowest BCUT2D eigenvalue weighted by Gasteiger charge is -2.09. The SMILES string of the molecule is CCCCOc1ccccc1-c1cc2c(=O)n(CC(=O)NC)ccn2n1. The van der Waals surface area contributed by atoms with Crippen molar-refractivity contribution in [3.8, 4) is 17.0 Å². The van der Waals surface area contributed by atoms with Gasteiger partial charge in [0, 0.05) is 25.0 Å². The van der Waals surface area contributed by atoms with Crippen molar-refractivity contribution in [3.05, 3.63) is 53.1 Å². The maximum absolute atomic E-state index is 12.6. The molecule has 7 nitrogen and oxygen atoms in total. The summed E-state index contributed by atoms with van der Waals surface area (Å²) in [4.78, 5) is 24.2. The van der Waals surface area contributed by atoms with E-state index in [0.29, 0.717) is 17.8 Å². The third kappa shape index (κ3) is 3.61. The first-order chi connectivity index (χ1) is 12.6. The number of aromatic nitrogens is 3. The van der Waals surface area contributed by atoms with Crippen LogP contribution < -0.4 is 15.6 Å². The zero-order valence-corrected chi connectivity index (χ0v) is 14.9. The fourth-order valence-electron chi connectivity index (χ4n) is 2.65. The molecule has 3 rings (SSSR count). The summed E-state index contributed by atoms with van der Waals surface area (Å²) >= 11 is 0. The number of rotatable bonds is 7. The molecule has 2 aromatic heterocycles. The zero-order valence-electron chi connectivity index (χ0n) is 14.9. The highest BCUT2D eigenvalue weighted by Crippen LogP contribution is 2.29. The Hall–Kier alpha value is -3.09. The lowest BCUT2D eigenvalue weighted by atomic mass is 10.1. The number of hydrogen-bond acceptors (Lipinski definition) is 4. The number of carbonyl (C=O) groups excluding carboxylic acids is 1. The minimum absolute atomic E-state index is 0.0247. The van der Waals surface area contributed by atoms with Crippen LogP contribution in [0.3, 0.4) is 0 Å². The first-order valence-electron chi connectivity index (χ1n) is 8.65. The van der Waals surface area contributed by atoms with Gasteiger partial charge >= 0.3 is 0 Å². The molecule has 0 fully saturated rings. The van der Waals surface area contributed by atoms with Crippen molar-refractivity contribution in [2.75, 3.05) is 13.7 Å². The number of hydrogen-bond donors (Lipinski definition) is 1. The predicted octanol–water partition coefficient (Wildman–Crippen LogP) is 2.09. The molecule has 136 valence electrons. The lowest BCUT2D eigenvalue weighted by Crippen LogP contribution is -2.30. The van der Waals surface area contributed by atoms with Crippen LogP contribution in [0.15, 0.2) is 47.5 Å². The molecule has 2 heterocycles. The van der Waals surface area contributed by atoms with Crippen LogP contribution in [0.5, 0.6) is 5.75 Å². The summed E-state index contributed by atoms with van der Waals surface area (Å²) in [6.07, 6.45) is 5.26. The smallest absolute Gasteiger partial charge is 0.277 e. The van der Waals surface area contributed by atoms with Crippen molar-refractivity contribution in [1.82, 2.24) is 19.5 Å². The van der Waals surface area contributed by atoms with E-state index in [2.05, 4.69) is 17.3 Å². The highest BCUT2D eigenvalue weighted by atomic mass is 16.5. The number of nitrogens with one attached hydrogen (secondary N) is 1. The van der Waals surface area contributed by atoms with Crippen molar-refractivity contribution in [1.29, 1.82) is 0 Å². The second-order valence-electron chi connectivity index (χ2n) is 5.96. The number of amides is 1. The third-order valence-electron chi connectivity index (χ3n) is 4.11. The number of ether oxygens (including phenoxy) is 1. The van der Waals surface area contributed by atoms with Crippen LogP contribution in [0.4, 0.5) is 0 Å². The van der Waals surface area contributed by atoms with Crippen LogP contribution in [0, 0.1) is 0 Å². The maximum Gasteiger partial charge on any atom is 0.277 e. The largest absolute Gasteiger partial charge is 0.493 e. The molecule has 0 spiro atoms. The average molecular weight is 354 g/mol. The molecular weight excluding hydrogens is 332 g/mol. The molecule has 26 heavy (non-hydrogen) atoms. The van der Waals surface area contributed by atoms with Gasteiger partial charge in [-0.25, -0.2) is 4.52 Å². The van der Waals surface area contributed by atoms with Crippen LogP contribution in [0.25, 0.3) is 16.8 Å². The van der Waals surface area contributed by atoms with Gasteiger partial charge in [-0.1, -0.05) is 25.5 Å². The molecule has 0 aliphatic rings. The Morgan fingerprint density at radius 1 is 1.27 bits per heavy atom. The van der Waals surface area contributed by atoms with Crippen molar-refractivity contribution >= 4 is 11.4 Å². The summed E-state index contributed by atoms with van der Waals surface area (Å²) in [5.74, 6) is 0.515. The van der Waals surface area contributed by atoms with E-state index in [1.54, 1.807) is 18.5 Å². The molecule has 3 aromatic rings. The van der Waals surface area contributed by atoms with Crippen molar-refractivity contribution in [2.45, 2.75) is 26.3 Å². The van der Waals surface area contributed by atoms with Crippen molar-refractivity contribution in [3.63, 3.8) is 0 Å². The average Bonchev–Trinajstić information content (AvgIpc) is 3.09. The number of nitrogens with zero attached hydrogens (tertiary/aromatic N) is 3. The van der Waals surface area contributed by atoms with Gasteiger partial charge in [0.05, 0.1) is 12.3 Å². The maximum atomic E-state index is 12.6. The fourth-order valence-corrected chi connectivity index (χ4v) is 2.65.